The molecule has 6 aromatic carbocycles. The van der Waals surface area contributed by atoms with Crippen LogP contribution >= 0.6 is 0 Å². The predicted molar refractivity (Wildman–Crippen MR) is 208 cm³/mol. The molecule has 10 rings (SSSR count). The van der Waals surface area contributed by atoms with Crippen LogP contribution in [0.5, 0.6) is 0 Å². The van der Waals surface area contributed by atoms with Gasteiger partial charge in [0.2, 0.25) is 0 Å². The number of hydrogen-bond donors (Lipinski definition) is 0. The van der Waals surface area contributed by atoms with Crippen molar-refractivity contribution in [2.45, 2.75) is 56.7 Å². The van der Waals surface area contributed by atoms with Crippen LogP contribution in [0.3, 0.4) is 0 Å². The van der Waals surface area contributed by atoms with Crippen molar-refractivity contribution in [1.29, 1.82) is 0 Å². The Morgan fingerprint density at radius 2 is 0.843 bits per heavy atom. The molecule has 246 valence electrons. The Bertz CT molecular complexity index is 2600. The first-order chi connectivity index (χ1) is 26.5. The fourth-order valence-electron chi connectivity index (χ4n) is 8.54. The van der Waals surface area contributed by atoms with E-state index in [1.807, 2.05) is 84.9 Å². The van der Waals surface area contributed by atoms with E-state index in [0.717, 1.165) is 50.1 Å². The molecule has 1 heterocycles. The van der Waals surface area contributed by atoms with Crippen LogP contribution in [-0.4, -0.2) is 15.0 Å². The van der Waals surface area contributed by atoms with Gasteiger partial charge in [-0.05, 0) is 86.6 Å². The van der Waals surface area contributed by atoms with Crippen LogP contribution in [0.4, 0.5) is 0 Å². The number of nitrogens with zero attached hydrogens (tertiary/aromatic N) is 3. The van der Waals surface area contributed by atoms with Gasteiger partial charge in [0.05, 0.1) is 0 Å². The van der Waals surface area contributed by atoms with Gasteiger partial charge in [-0.25, -0.2) is 15.0 Å². The van der Waals surface area contributed by atoms with Crippen LogP contribution in [0, 0.1) is 0 Å². The molecule has 1 saturated carbocycles. The molecule has 0 saturated heterocycles. The van der Waals surface area contributed by atoms with Crippen molar-refractivity contribution >= 4 is 0 Å². The lowest BCUT2D eigenvalue weighted by atomic mass is 9.67. The molecule has 3 aliphatic rings. The SMILES string of the molecule is [2H]C1([2H])CCCC([2H])([2H])C12c1ccccc1-c1ccc(-c3ccc4c(c3)C(C)(C)c3cc(-c5nc(-c6ccccc6)nc(-c6ccccc6)n5)ccc3-4)cc12. The summed E-state index contributed by atoms with van der Waals surface area (Å²) in [7, 11) is 0. The third-order valence-corrected chi connectivity index (χ3v) is 11.1. The van der Waals surface area contributed by atoms with Crippen LogP contribution in [0.1, 0.15) is 73.6 Å². The minimum Gasteiger partial charge on any atom is -0.208 e. The number of aromatic nitrogens is 3. The zero-order chi connectivity index (χ0) is 37.7. The largest absolute Gasteiger partial charge is 0.208 e. The summed E-state index contributed by atoms with van der Waals surface area (Å²) in [5.74, 6) is 1.88. The number of benzene rings is 6. The van der Waals surface area contributed by atoms with E-state index < -0.39 is 18.2 Å². The second kappa shape index (κ2) is 11.4. The van der Waals surface area contributed by atoms with E-state index in [1.54, 1.807) is 0 Å². The van der Waals surface area contributed by atoms with Gasteiger partial charge in [0.1, 0.15) is 0 Å². The summed E-state index contributed by atoms with van der Waals surface area (Å²) >= 11 is 0. The van der Waals surface area contributed by atoms with E-state index in [2.05, 4.69) is 68.4 Å². The normalized spacial score (nSPS) is 19.1. The molecule has 3 nitrogen and oxygen atoms in total. The average Bonchev–Trinajstić information content (AvgIpc) is 3.63. The van der Waals surface area contributed by atoms with Crippen molar-refractivity contribution in [3.8, 4) is 67.5 Å². The predicted octanol–water partition coefficient (Wildman–Crippen LogP) is 12.1. The average molecular weight is 662 g/mol. The van der Waals surface area contributed by atoms with Crippen molar-refractivity contribution in [2.75, 3.05) is 0 Å². The van der Waals surface area contributed by atoms with E-state index in [0.29, 0.717) is 36.7 Å². The number of hydrogen-bond acceptors (Lipinski definition) is 3. The fourth-order valence-corrected chi connectivity index (χ4v) is 8.54. The molecule has 0 N–H and O–H groups in total. The maximum absolute atomic E-state index is 9.40. The Morgan fingerprint density at radius 3 is 1.43 bits per heavy atom. The zero-order valence-electron chi connectivity index (χ0n) is 32.7. The van der Waals surface area contributed by atoms with Gasteiger partial charge in [0.15, 0.2) is 17.5 Å². The first-order valence-corrected chi connectivity index (χ1v) is 17.9. The second-order valence-corrected chi connectivity index (χ2v) is 14.4. The molecule has 0 unspecified atom stereocenters. The van der Waals surface area contributed by atoms with E-state index in [4.69, 9.17) is 15.0 Å². The molecule has 0 atom stereocenters. The summed E-state index contributed by atoms with van der Waals surface area (Å²) in [5.41, 5.74) is 11.2. The van der Waals surface area contributed by atoms with Gasteiger partial charge in [-0.15, -0.1) is 0 Å². The third-order valence-electron chi connectivity index (χ3n) is 11.1. The van der Waals surface area contributed by atoms with Crippen LogP contribution < -0.4 is 0 Å². The first-order valence-electron chi connectivity index (χ1n) is 19.9. The van der Waals surface area contributed by atoms with E-state index >= 15 is 0 Å². The Labute approximate surface area is 305 Å². The first kappa shape index (κ1) is 26.2. The van der Waals surface area contributed by atoms with Crippen molar-refractivity contribution in [3.63, 3.8) is 0 Å². The standard InChI is InChI=1S/C48H39N3/c1-47(2)41-28-33(34-21-24-39-36-18-10-11-19-40(36)48(43(39)29-34)26-12-5-13-27-48)20-23-37(41)38-25-22-35(30-42(38)47)46-50-44(31-14-6-3-7-15-31)49-45(51-46)32-16-8-4-9-17-32/h3-4,6-11,14-25,28-30H,5,12-13,26-27H2,1-2H3/i26D2,27D2. The molecular formula is C48H39N3. The van der Waals surface area contributed by atoms with Crippen LogP contribution in [0.15, 0.2) is 140 Å². The van der Waals surface area contributed by atoms with Gasteiger partial charge in [-0.3, -0.25) is 0 Å². The lowest BCUT2D eigenvalue weighted by Gasteiger charge is -2.36. The van der Waals surface area contributed by atoms with Gasteiger partial charge < -0.3 is 0 Å². The summed E-state index contributed by atoms with van der Waals surface area (Å²) in [5, 5.41) is 0. The van der Waals surface area contributed by atoms with Crippen LogP contribution in [0.25, 0.3) is 67.5 Å². The lowest BCUT2D eigenvalue weighted by Crippen LogP contribution is -2.28. The smallest absolute Gasteiger partial charge is 0.164 e. The van der Waals surface area contributed by atoms with Crippen LogP contribution in [-0.2, 0) is 10.8 Å². The summed E-state index contributed by atoms with van der Waals surface area (Å²) < 4.78 is 37.6. The van der Waals surface area contributed by atoms with E-state index in [-0.39, 0.29) is 5.41 Å². The highest BCUT2D eigenvalue weighted by molar-refractivity contribution is 5.87. The Morgan fingerprint density at radius 1 is 0.412 bits per heavy atom. The molecule has 3 heteroatoms. The Hall–Kier alpha value is -5.67. The highest BCUT2D eigenvalue weighted by Crippen LogP contribution is 2.57. The molecule has 0 amide bonds. The highest BCUT2D eigenvalue weighted by Gasteiger charge is 2.44. The topological polar surface area (TPSA) is 38.7 Å². The molecule has 7 aromatic rings. The van der Waals surface area contributed by atoms with Crippen molar-refractivity contribution < 1.29 is 5.48 Å². The van der Waals surface area contributed by atoms with Crippen molar-refractivity contribution in [3.05, 3.63) is 162 Å². The summed E-state index contributed by atoms with van der Waals surface area (Å²) in [6.45, 7) is 4.53. The fraction of sp³-hybridized carbons (Fsp3) is 0.188. The molecule has 51 heavy (non-hydrogen) atoms. The van der Waals surface area contributed by atoms with E-state index in [1.165, 1.54) is 22.3 Å². The van der Waals surface area contributed by atoms with Gasteiger partial charge >= 0.3 is 0 Å². The summed E-state index contributed by atoms with van der Waals surface area (Å²) in [6, 6.07) is 47.4. The van der Waals surface area contributed by atoms with Gasteiger partial charge in [0.25, 0.3) is 0 Å². The van der Waals surface area contributed by atoms with E-state index in [9.17, 15) is 5.48 Å². The monoisotopic (exact) mass is 661 g/mol. The minimum absolute atomic E-state index is 0.323. The molecule has 1 spiro atoms. The molecule has 0 radical (unpaired) electrons. The Balaban J connectivity index is 1.07. The number of rotatable bonds is 4. The number of fused-ring (bicyclic) bond motifs is 8. The van der Waals surface area contributed by atoms with Crippen molar-refractivity contribution in [2.24, 2.45) is 0 Å². The lowest BCUT2D eigenvalue weighted by molar-refractivity contribution is 0.353. The third kappa shape index (κ3) is 4.68. The molecule has 0 bridgehead atoms. The zero-order valence-corrected chi connectivity index (χ0v) is 28.7. The quantitative estimate of drug-likeness (QED) is 0.188. The molecule has 1 fully saturated rings. The summed E-state index contributed by atoms with van der Waals surface area (Å²) in [6.07, 6.45) is -2.34. The maximum Gasteiger partial charge on any atom is 0.164 e. The van der Waals surface area contributed by atoms with Gasteiger partial charge in [0, 0.05) is 33.0 Å². The highest BCUT2D eigenvalue weighted by atomic mass is 15.0. The second-order valence-electron chi connectivity index (χ2n) is 14.4. The molecule has 0 aliphatic heterocycles. The summed E-state index contributed by atoms with van der Waals surface area (Å²) in [4.78, 5) is 14.9. The molecule has 3 aliphatic carbocycles. The molecule has 1 aromatic heterocycles. The van der Waals surface area contributed by atoms with Gasteiger partial charge in [-0.1, -0.05) is 154 Å². The minimum atomic E-state index is -1.75. The van der Waals surface area contributed by atoms with Gasteiger partial charge in [-0.2, -0.15) is 0 Å². The van der Waals surface area contributed by atoms with Crippen molar-refractivity contribution in [1.82, 2.24) is 15.0 Å². The maximum atomic E-state index is 9.40. The Kier molecular flexibility index (Phi) is 5.87. The molecular weight excluding hydrogens is 619 g/mol. The van der Waals surface area contributed by atoms with Crippen LogP contribution in [0.2, 0.25) is 0 Å².